The third kappa shape index (κ3) is 4.05. The van der Waals surface area contributed by atoms with Crippen LogP contribution in [0.15, 0.2) is 47.0 Å². The van der Waals surface area contributed by atoms with Gasteiger partial charge in [-0.3, -0.25) is 9.59 Å². The van der Waals surface area contributed by atoms with E-state index >= 15 is 0 Å². The largest absolute Gasteiger partial charge is 0.360 e. The van der Waals surface area contributed by atoms with Gasteiger partial charge in [-0.05, 0) is 38.1 Å². The predicted molar refractivity (Wildman–Crippen MR) is 91.0 cm³/mol. The highest BCUT2D eigenvalue weighted by atomic mass is 16.5. The summed E-state index contributed by atoms with van der Waals surface area (Å²) < 4.78 is 4.88. The van der Waals surface area contributed by atoms with Crippen LogP contribution in [0.5, 0.6) is 0 Å². The summed E-state index contributed by atoms with van der Waals surface area (Å²) >= 11 is 0. The molecule has 1 aromatic carbocycles. The van der Waals surface area contributed by atoms with Crippen molar-refractivity contribution in [3.8, 4) is 0 Å². The van der Waals surface area contributed by atoms with Crippen LogP contribution >= 0.6 is 0 Å². The fourth-order valence-electron chi connectivity index (χ4n) is 2.09. The van der Waals surface area contributed by atoms with Crippen LogP contribution in [0.4, 0.5) is 17.3 Å². The van der Waals surface area contributed by atoms with E-state index < -0.39 is 5.91 Å². The molecule has 2 heterocycles. The van der Waals surface area contributed by atoms with Crippen molar-refractivity contribution in [2.24, 2.45) is 0 Å². The number of carbonyl (C=O) groups is 2. The number of anilines is 3. The molecule has 0 aliphatic carbocycles. The van der Waals surface area contributed by atoms with Crippen LogP contribution < -0.4 is 10.6 Å². The molecule has 0 bridgehead atoms. The molecular weight excluding hydrogens is 322 g/mol. The summed E-state index contributed by atoms with van der Waals surface area (Å²) in [6.45, 7) is 3.23. The predicted octanol–water partition coefficient (Wildman–Crippen LogP) is 2.97. The van der Waals surface area contributed by atoms with Gasteiger partial charge >= 0.3 is 0 Å². The van der Waals surface area contributed by atoms with Crippen molar-refractivity contribution in [1.82, 2.24) is 15.4 Å². The maximum Gasteiger partial charge on any atom is 0.277 e. The van der Waals surface area contributed by atoms with Crippen molar-refractivity contribution in [1.29, 1.82) is 0 Å². The van der Waals surface area contributed by atoms with Crippen molar-refractivity contribution < 1.29 is 14.1 Å². The SMILES string of the molecule is CC(=O)c1cccc(Nc2ccc(C(=O)Nc3cc(C)on3)nn2)c1. The van der Waals surface area contributed by atoms with Gasteiger partial charge in [0.25, 0.3) is 5.91 Å². The molecule has 0 unspecified atom stereocenters. The fourth-order valence-corrected chi connectivity index (χ4v) is 2.09. The zero-order chi connectivity index (χ0) is 17.8. The Labute approximate surface area is 143 Å². The van der Waals surface area contributed by atoms with E-state index in [0.29, 0.717) is 28.6 Å². The zero-order valence-corrected chi connectivity index (χ0v) is 13.6. The Hall–Kier alpha value is -3.55. The van der Waals surface area contributed by atoms with Gasteiger partial charge in [0.15, 0.2) is 23.1 Å². The van der Waals surface area contributed by atoms with Gasteiger partial charge in [-0.1, -0.05) is 17.3 Å². The standard InChI is InChI=1S/C17H15N5O3/c1-10-8-16(22-25-10)19-17(24)14-6-7-15(21-20-14)18-13-5-3-4-12(9-13)11(2)23/h3-9H,1-2H3,(H,18,21)(H,19,22,24). The fraction of sp³-hybridized carbons (Fsp3) is 0.118. The molecule has 0 radical (unpaired) electrons. The average molecular weight is 337 g/mol. The summed E-state index contributed by atoms with van der Waals surface area (Å²) in [5, 5.41) is 17.1. The number of ketones is 1. The van der Waals surface area contributed by atoms with Gasteiger partial charge in [-0.15, -0.1) is 10.2 Å². The maximum absolute atomic E-state index is 12.1. The second-order valence-electron chi connectivity index (χ2n) is 5.34. The van der Waals surface area contributed by atoms with Crippen LogP contribution in [0, 0.1) is 6.92 Å². The van der Waals surface area contributed by atoms with Gasteiger partial charge in [0, 0.05) is 17.3 Å². The second-order valence-corrected chi connectivity index (χ2v) is 5.34. The number of rotatable bonds is 5. The third-order valence-corrected chi connectivity index (χ3v) is 3.31. The lowest BCUT2D eigenvalue weighted by Crippen LogP contribution is -2.14. The highest BCUT2D eigenvalue weighted by Crippen LogP contribution is 2.16. The minimum absolute atomic E-state index is 0.0233. The Bertz CT molecular complexity index is 918. The van der Waals surface area contributed by atoms with Crippen molar-refractivity contribution in [2.45, 2.75) is 13.8 Å². The quantitative estimate of drug-likeness (QED) is 0.689. The maximum atomic E-state index is 12.1. The molecule has 3 rings (SSSR count). The molecule has 0 aliphatic heterocycles. The molecule has 0 spiro atoms. The van der Waals surface area contributed by atoms with E-state index in [1.807, 2.05) is 6.07 Å². The number of nitrogens with one attached hydrogen (secondary N) is 2. The molecule has 8 nitrogen and oxygen atoms in total. The Morgan fingerprint density at radius 1 is 1.04 bits per heavy atom. The molecule has 25 heavy (non-hydrogen) atoms. The molecule has 1 amide bonds. The van der Waals surface area contributed by atoms with Crippen LogP contribution in [0.25, 0.3) is 0 Å². The van der Waals surface area contributed by atoms with Crippen molar-refractivity contribution in [3.63, 3.8) is 0 Å². The number of amides is 1. The summed E-state index contributed by atoms with van der Waals surface area (Å²) in [5.74, 6) is 0.895. The van der Waals surface area contributed by atoms with Gasteiger partial charge in [0.2, 0.25) is 0 Å². The summed E-state index contributed by atoms with van der Waals surface area (Å²) in [6.07, 6.45) is 0. The van der Waals surface area contributed by atoms with Gasteiger partial charge < -0.3 is 15.2 Å². The van der Waals surface area contributed by atoms with Gasteiger partial charge in [-0.2, -0.15) is 0 Å². The molecule has 3 aromatic rings. The Balaban J connectivity index is 1.68. The minimum Gasteiger partial charge on any atom is -0.360 e. The summed E-state index contributed by atoms with van der Waals surface area (Å²) in [7, 11) is 0. The second kappa shape index (κ2) is 6.91. The molecule has 8 heteroatoms. The van der Waals surface area contributed by atoms with Crippen molar-refractivity contribution in [2.75, 3.05) is 10.6 Å². The lowest BCUT2D eigenvalue weighted by molar-refractivity contribution is 0.101. The first-order valence-corrected chi connectivity index (χ1v) is 7.48. The summed E-state index contributed by atoms with van der Waals surface area (Å²) in [4.78, 5) is 23.5. The third-order valence-electron chi connectivity index (χ3n) is 3.31. The number of aryl methyl sites for hydroxylation is 1. The zero-order valence-electron chi connectivity index (χ0n) is 13.6. The average Bonchev–Trinajstić information content (AvgIpc) is 3.00. The number of carbonyl (C=O) groups excluding carboxylic acids is 2. The monoisotopic (exact) mass is 337 g/mol. The van der Waals surface area contributed by atoms with Gasteiger partial charge in [-0.25, -0.2) is 0 Å². The lowest BCUT2D eigenvalue weighted by Gasteiger charge is -2.06. The first-order chi connectivity index (χ1) is 12.0. The molecule has 126 valence electrons. The Morgan fingerprint density at radius 2 is 1.88 bits per heavy atom. The highest BCUT2D eigenvalue weighted by Gasteiger charge is 2.11. The summed E-state index contributed by atoms with van der Waals surface area (Å²) in [5.41, 5.74) is 1.44. The number of benzene rings is 1. The highest BCUT2D eigenvalue weighted by molar-refractivity contribution is 6.02. The van der Waals surface area contributed by atoms with E-state index in [9.17, 15) is 9.59 Å². The molecule has 0 saturated carbocycles. The van der Waals surface area contributed by atoms with Crippen LogP contribution in [0.3, 0.4) is 0 Å². The van der Waals surface area contributed by atoms with Gasteiger partial charge in [0.1, 0.15) is 5.76 Å². The van der Waals surface area contributed by atoms with Crippen LogP contribution in [0.1, 0.15) is 33.5 Å². The molecular formula is C17H15N5O3. The van der Waals surface area contributed by atoms with E-state index in [1.54, 1.807) is 37.3 Å². The van der Waals surface area contributed by atoms with E-state index in [0.717, 1.165) is 0 Å². The van der Waals surface area contributed by atoms with E-state index in [2.05, 4.69) is 26.0 Å². The first-order valence-electron chi connectivity index (χ1n) is 7.48. The van der Waals surface area contributed by atoms with Crippen molar-refractivity contribution >= 4 is 29.0 Å². The molecule has 2 N–H and O–H groups in total. The topological polar surface area (TPSA) is 110 Å². The number of aromatic nitrogens is 3. The van der Waals surface area contributed by atoms with Crippen LogP contribution in [-0.4, -0.2) is 27.0 Å². The van der Waals surface area contributed by atoms with Gasteiger partial charge in [0.05, 0.1) is 0 Å². The molecule has 0 saturated heterocycles. The molecule has 0 atom stereocenters. The normalized spacial score (nSPS) is 10.3. The number of hydrogen-bond donors (Lipinski definition) is 2. The summed E-state index contributed by atoms with van der Waals surface area (Å²) in [6, 6.07) is 11.8. The van der Waals surface area contributed by atoms with Crippen molar-refractivity contribution in [3.05, 3.63) is 59.5 Å². The van der Waals surface area contributed by atoms with E-state index in [4.69, 9.17) is 4.52 Å². The minimum atomic E-state index is -0.439. The van der Waals surface area contributed by atoms with E-state index in [-0.39, 0.29) is 11.5 Å². The van der Waals surface area contributed by atoms with Crippen LogP contribution in [-0.2, 0) is 0 Å². The first kappa shape index (κ1) is 16.3. The molecule has 0 aliphatic rings. The van der Waals surface area contributed by atoms with E-state index in [1.165, 1.54) is 13.0 Å². The molecule has 0 fully saturated rings. The lowest BCUT2D eigenvalue weighted by atomic mass is 10.1. The molecule has 2 aromatic heterocycles. The Kier molecular flexibility index (Phi) is 4.51. The smallest absolute Gasteiger partial charge is 0.277 e. The number of hydrogen-bond acceptors (Lipinski definition) is 7. The van der Waals surface area contributed by atoms with Crippen LogP contribution in [0.2, 0.25) is 0 Å². The number of Topliss-reactive ketones (excluding diaryl/α,β-unsaturated/α-hetero) is 1. The number of nitrogens with zero attached hydrogens (tertiary/aromatic N) is 3. The Morgan fingerprint density at radius 3 is 2.52 bits per heavy atom.